The Morgan fingerprint density at radius 2 is 1.91 bits per heavy atom. The van der Waals surface area contributed by atoms with Crippen LogP contribution in [0.4, 0.5) is 0 Å². The topological polar surface area (TPSA) is 158 Å². The predicted molar refractivity (Wildman–Crippen MR) is 166 cm³/mol. The minimum atomic E-state index is -1.22. The molecule has 0 unspecified atom stereocenters. The summed E-state index contributed by atoms with van der Waals surface area (Å²) in [5, 5.41) is 16.4. The average Bonchev–Trinajstić information content (AvgIpc) is 3.71. The van der Waals surface area contributed by atoms with Gasteiger partial charge in [-0.15, -0.1) is 12.4 Å². The molecule has 0 radical (unpaired) electrons. The van der Waals surface area contributed by atoms with Crippen molar-refractivity contribution in [2.75, 3.05) is 6.61 Å². The standard InChI is InChI=1S/C23H24N4O5.C9H11NO.ClH/c1-12-13-7-8-16(15(13)6-5-14(12)22(31)32-23(2,3)4)26-20(28)18-11-17(21(29)30)25-19-9-10-24-27(18)19;10-6-7-1-2-9-8(5-7)3-4-11-9;/h5-6,9-11,16H,7-8H2,1-4H3,(H,26,28)(H,29,30);1-2,5H,3-4,6,10H2;1H/t16-;;/m0../s1. The van der Waals surface area contributed by atoms with Crippen molar-refractivity contribution >= 4 is 35.9 Å². The summed E-state index contributed by atoms with van der Waals surface area (Å²) >= 11 is 0. The van der Waals surface area contributed by atoms with Crippen LogP contribution >= 0.6 is 12.4 Å². The number of ether oxygens (including phenoxy) is 2. The summed E-state index contributed by atoms with van der Waals surface area (Å²) in [6.07, 6.45) is 3.86. The number of nitrogens with zero attached hydrogens (tertiary/aromatic N) is 3. The summed E-state index contributed by atoms with van der Waals surface area (Å²) in [5.74, 6) is -1.01. The predicted octanol–water partition coefficient (Wildman–Crippen LogP) is 4.61. The Morgan fingerprint density at radius 3 is 2.61 bits per heavy atom. The van der Waals surface area contributed by atoms with Gasteiger partial charge in [-0.3, -0.25) is 4.79 Å². The molecular formula is C32H36ClN5O6. The van der Waals surface area contributed by atoms with Crippen molar-refractivity contribution in [3.05, 3.63) is 93.4 Å². The largest absolute Gasteiger partial charge is 0.493 e. The highest BCUT2D eigenvalue weighted by atomic mass is 35.5. The Hall–Kier alpha value is -4.48. The van der Waals surface area contributed by atoms with E-state index < -0.39 is 17.5 Å². The molecule has 2 aromatic carbocycles. The van der Waals surface area contributed by atoms with Gasteiger partial charge in [-0.1, -0.05) is 18.2 Å². The third-order valence-electron chi connectivity index (χ3n) is 7.42. The second-order valence-corrected chi connectivity index (χ2v) is 11.6. The van der Waals surface area contributed by atoms with Gasteiger partial charge >= 0.3 is 11.9 Å². The monoisotopic (exact) mass is 621 g/mol. The molecule has 44 heavy (non-hydrogen) atoms. The molecule has 4 N–H and O–H groups in total. The number of nitrogens with one attached hydrogen (secondary N) is 1. The molecular weight excluding hydrogens is 586 g/mol. The SMILES string of the molecule is Cc1c(C(=O)OC(C)(C)C)ccc2c1CC[C@@H]2NC(=O)c1cc(C(=O)O)nc2ccnn12.Cl.NCc1ccc2c(c1)CCO2. The van der Waals surface area contributed by atoms with Crippen LogP contribution in [0.1, 0.15) is 92.4 Å². The molecule has 1 aliphatic heterocycles. The number of rotatable bonds is 5. The molecule has 1 atom stereocenters. The van der Waals surface area contributed by atoms with Gasteiger partial charge in [-0.25, -0.2) is 19.1 Å². The number of carbonyl (C=O) groups is 3. The van der Waals surface area contributed by atoms with Gasteiger partial charge in [0.15, 0.2) is 11.3 Å². The lowest BCUT2D eigenvalue weighted by atomic mass is 9.97. The zero-order valence-electron chi connectivity index (χ0n) is 25.0. The van der Waals surface area contributed by atoms with E-state index in [1.807, 2.05) is 45.9 Å². The first-order valence-electron chi connectivity index (χ1n) is 14.1. The molecule has 0 saturated carbocycles. The Labute approximate surface area is 261 Å². The van der Waals surface area contributed by atoms with Gasteiger partial charge in [0.1, 0.15) is 17.0 Å². The summed E-state index contributed by atoms with van der Waals surface area (Å²) < 4.78 is 12.2. The van der Waals surface area contributed by atoms with E-state index in [9.17, 15) is 19.5 Å². The fourth-order valence-corrected chi connectivity index (χ4v) is 5.37. The Morgan fingerprint density at radius 1 is 1.14 bits per heavy atom. The van der Waals surface area contributed by atoms with Gasteiger partial charge in [0.05, 0.1) is 24.4 Å². The van der Waals surface area contributed by atoms with E-state index >= 15 is 0 Å². The third kappa shape index (κ3) is 6.84. The van der Waals surface area contributed by atoms with E-state index in [4.69, 9.17) is 15.2 Å². The summed E-state index contributed by atoms with van der Waals surface area (Å²) in [6.45, 7) is 8.80. The molecule has 0 bridgehead atoms. The number of carbonyl (C=O) groups excluding carboxylic acids is 2. The van der Waals surface area contributed by atoms with Crippen molar-refractivity contribution in [3.63, 3.8) is 0 Å². The highest BCUT2D eigenvalue weighted by Gasteiger charge is 2.30. The molecule has 3 heterocycles. The number of hydrogen-bond acceptors (Lipinski definition) is 8. The van der Waals surface area contributed by atoms with Crippen LogP contribution in [0.25, 0.3) is 5.65 Å². The van der Waals surface area contributed by atoms with Gasteiger partial charge in [0.25, 0.3) is 5.91 Å². The van der Waals surface area contributed by atoms with Gasteiger partial charge in [0, 0.05) is 25.1 Å². The fraction of sp³-hybridized carbons (Fsp3) is 0.344. The van der Waals surface area contributed by atoms with Crippen molar-refractivity contribution in [2.24, 2.45) is 5.73 Å². The minimum Gasteiger partial charge on any atom is -0.493 e. The van der Waals surface area contributed by atoms with Gasteiger partial charge < -0.3 is 25.6 Å². The number of hydrogen-bond donors (Lipinski definition) is 3. The van der Waals surface area contributed by atoms with Crippen molar-refractivity contribution in [1.82, 2.24) is 19.9 Å². The average molecular weight is 622 g/mol. The first-order chi connectivity index (χ1) is 20.4. The number of carboxylic acids is 1. The number of amides is 1. The molecule has 4 aromatic rings. The second-order valence-electron chi connectivity index (χ2n) is 11.6. The van der Waals surface area contributed by atoms with Crippen LogP contribution in [0.2, 0.25) is 0 Å². The highest BCUT2D eigenvalue weighted by Crippen LogP contribution is 2.35. The van der Waals surface area contributed by atoms with Gasteiger partial charge in [-0.2, -0.15) is 5.10 Å². The molecule has 11 nitrogen and oxygen atoms in total. The summed E-state index contributed by atoms with van der Waals surface area (Å²) in [5.41, 5.74) is 10.9. The Kier molecular flexibility index (Phi) is 9.60. The van der Waals surface area contributed by atoms with E-state index in [1.54, 1.807) is 6.07 Å². The zero-order chi connectivity index (χ0) is 30.9. The van der Waals surface area contributed by atoms with Crippen molar-refractivity contribution < 1.29 is 29.0 Å². The van der Waals surface area contributed by atoms with Crippen LogP contribution in [0, 0.1) is 6.92 Å². The maximum atomic E-state index is 13.0. The lowest BCUT2D eigenvalue weighted by Gasteiger charge is -2.21. The van der Waals surface area contributed by atoms with Gasteiger partial charge in [-0.05, 0) is 80.5 Å². The van der Waals surface area contributed by atoms with E-state index in [2.05, 4.69) is 21.5 Å². The lowest BCUT2D eigenvalue weighted by Crippen LogP contribution is -2.29. The van der Waals surface area contributed by atoms with Crippen LogP contribution in [-0.4, -0.2) is 49.8 Å². The van der Waals surface area contributed by atoms with E-state index in [0.29, 0.717) is 24.9 Å². The molecule has 12 heteroatoms. The minimum absolute atomic E-state index is 0. The first kappa shape index (κ1) is 32.4. The number of halogens is 1. The number of carboxylic acid groups (broad SMARTS) is 1. The van der Waals surface area contributed by atoms with E-state index in [0.717, 1.165) is 35.5 Å². The number of benzene rings is 2. The summed E-state index contributed by atoms with van der Waals surface area (Å²) in [4.78, 5) is 41.0. The quantitative estimate of drug-likeness (QED) is 0.271. The van der Waals surface area contributed by atoms with Crippen molar-refractivity contribution in [3.8, 4) is 5.75 Å². The second kappa shape index (κ2) is 13.0. The fourth-order valence-electron chi connectivity index (χ4n) is 5.37. The number of nitrogens with two attached hydrogens (primary N) is 1. The van der Waals surface area contributed by atoms with Crippen LogP contribution in [0.5, 0.6) is 5.75 Å². The van der Waals surface area contributed by atoms with Crippen LogP contribution in [0.3, 0.4) is 0 Å². The van der Waals surface area contributed by atoms with Gasteiger partial charge in [0.2, 0.25) is 0 Å². The van der Waals surface area contributed by atoms with Crippen LogP contribution in [0.15, 0.2) is 48.7 Å². The molecule has 1 amide bonds. The van der Waals surface area contributed by atoms with Crippen molar-refractivity contribution in [2.45, 2.75) is 65.1 Å². The Balaban J connectivity index is 0.000000308. The number of aromatic carboxylic acids is 1. The molecule has 0 fully saturated rings. The smallest absolute Gasteiger partial charge is 0.354 e. The molecule has 0 saturated heterocycles. The molecule has 6 rings (SSSR count). The molecule has 2 aliphatic rings. The summed E-state index contributed by atoms with van der Waals surface area (Å²) in [7, 11) is 0. The zero-order valence-corrected chi connectivity index (χ0v) is 25.9. The van der Waals surface area contributed by atoms with E-state index in [1.165, 1.54) is 34.0 Å². The first-order valence-corrected chi connectivity index (χ1v) is 14.1. The normalized spacial score (nSPS) is 14.8. The summed E-state index contributed by atoms with van der Waals surface area (Å²) in [6, 6.07) is 12.2. The Bertz CT molecular complexity index is 1730. The maximum Gasteiger partial charge on any atom is 0.354 e. The highest BCUT2D eigenvalue weighted by molar-refractivity contribution is 5.96. The molecule has 0 spiro atoms. The third-order valence-corrected chi connectivity index (χ3v) is 7.42. The molecule has 232 valence electrons. The maximum absolute atomic E-state index is 13.0. The van der Waals surface area contributed by atoms with E-state index in [-0.39, 0.29) is 41.5 Å². The van der Waals surface area contributed by atoms with Crippen molar-refractivity contribution in [1.29, 1.82) is 0 Å². The van der Waals surface area contributed by atoms with Crippen LogP contribution < -0.4 is 15.8 Å². The molecule has 2 aromatic heterocycles. The number of aromatic nitrogens is 3. The number of esters is 1. The number of fused-ring (bicyclic) bond motifs is 3. The van der Waals surface area contributed by atoms with Crippen LogP contribution in [-0.2, 0) is 24.1 Å². The molecule has 1 aliphatic carbocycles. The lowest BCUT2D eigenvalue weighted by molar-refractivity contribution is 0.00682.